The number of hydrogen-bond donors (Lipinski definition) is 2. The smallest absolute Gasteiger partial charge is 0.123 e. The highest BCUT2D eigenvalue weighted by Crippen LogP contribution is 2.55. The highest BCUT2D eigenvalue weighted by molar-refractivity contribution is 5.41. The zero-order chi connectivity index (χ0) is 19.2. The Bertz CT molecular complexity index is 640. The number of rotatable bonds is 6. The summed E-state index contributed by atoms with van der Waals surface area (Å²) in [6.45, 7) is 9.73. The molecule has 2 N–H and O–H groups in total. The van der Waals surface area contributed by atoms with Gasteiger partial charge in [-0.2, -0.15) is 0 Å². The van der Waals surface area contributed by atoms with E-state index in [1.165, 1.54) is 49.7 Å². The molecule has 0 amide bonds. The quantitative estimate of drug-likeness (QED) is 0.768. The van der Waals surface area contributed by atoms with Gasteiger partial charge >= 0.3 is 0 Å². The minimum Gasteiger partial charge on any atom is -0.491 e. The molecule has 27 heavy (non-hydrogen) atoms. The molecule has 3 nitrogen and oxygen atoms in total. The highest BCUT2D eigenvalue weighted by Gasteiger charge is 2.50. The van der Waals surface area contributed by atoms with Crippen molar-refractivity contribution >= 4 is 0 Å². The van der Waals surface area contributed by atoms with Gasteiger partial charge < -0.3 is 15.2 Å². The van der Waals surface area contributed by atoms with Crippen molar-refractivity contribution < 1.29 is 9.84 Å². The zero-order valence-electron chi connectivity index (χ0n) is 17.6. The van der Waals surface area contributed by atoms with Crippen LogP contribution in [-0.4, -0.2) is 29.9 Å². The zero-order valence-corrected chi connectivity index (χ0v) is 17.6. The molecule has 0 aromatic heterocycles. The summed E-state index contributed by atoms with van der Waals surface area (Å²) in [6.07, 6.45) is 7.85. The molecule has 0 aliphatic heterocycles. The van der Waals surface area contributed by atoms with E-state index in [4.69, 9.17) is 4.74 Å². The minimum atomic E-state index is -0.466. The third kappa shape index (κ3) is 4.19. The topological polar surface area (TPSA) is 41.5 Å². The Hall–Kier alpha value is -1.06. The van der Waals surface area contributed by atoms with Crippen LogP contribution < -0.4 is 10.1 Å². The van der Waals surface area contributed by atoms with Crippen LogP contribution in [0.15, 0.2) is 18.2 Å². The van der Waals surface area contributed by atoms with Gasteiger partial charge in [0.2, 0.25) is 0 Å². The van der Waals surface area contributed by atoms with Crippen LogP contribution in [0.3, 0.4) is 0 Å². The Labute approximate surface area is 164 Å². The SMILES string of the molecule is Cc1ccc(OCC(O)CNC23CC4CC(CC(C4)C2)C3)c(C(C)(C)C)c1. The number of nitrogens with one attached hydrogen (secondary N) is 1. The van der Waals surface area contributed by atoms with E-state index in [-0.39, 0.29) is 5.41 Å². The van der Waals surface area contributed by atoms with Crippen molar-refractivity contribution in [3.8, 4) is 5.75 Å². The molecule has 4 fully saturated rings. The van der Waals surface area contributed by atoms with Crippen LogP contribution in [0.2, 0.25) is 0 Å². The van der Waals surface area contributed by atoms with E-state index in [9.17, 15) is 5.11 Å². The van der Waals surface area contributed by atoms with Gasteiger partial charge in [0, 0.05) is 12.1 Å². The van der Waals surface area contributed by atoms with Crippen molar-refractivity contribution in [2.24, 2.45) is 17.8 Å². The number of hydrogen-bond acceptors (Lipinski definition) is 3. The lowest BCUT2D eigenvalue weighted by Gasteiger charge is -2.57. The van der Waals surface area contributed by atoms with Gasteiger partial charge in [0.25, 0.3) is 0 Å². The van der Waals surface area contributed by atoms with Crippen LogP contribution in [0.5, 0.6) is 5.75 Å². The van der Waals surface area contributed by atoms with Gasteiger partial charge in [-0.1, -0.05) is 38.5 Å². The predicted molar refractivity (Wildman–Crippen MR) is 110 cm³/mol. The molecular formula is C24H37NO2. The van der Waals surface area contributed by atoms with Crippen LogP contribution in [0.25, 0.3) is 0 Å². The summed E-state index contributed by atoms with van der Waals surface area (Å²) in [4.78, 5) is 0. The molecule has 3 heteroatoms. The number of β-amino-alcohol motifs (C(OH)–C–C–N with tert-alkyl or cyclic N) is 1. The first-order chi connectivity index (χ1) is 12.7. The second kappa shape index (κ2) is 7.08. The molecule has 0 heterocycles. The normalized spacial score (nSPS) is 33.3. The largest absolute Gasteiger partial charge is 0.491 e. The summed E-state index contributed by atoms with van der Waals surface area (Å²) < 4.78 is 6.06. The summed E-state index contributed by atoms with van der Waals surface area (Å²) in [5.41, 5.74) is 2.79. The molecule has 0 spiro atoms. The number of aryl methyl sites for hydroxylation is 1. The number of benzene rings is 1. The Kier molecular flexibility index (Phi) is 5.05. The summed E-state index contributed by atoms with van der Waals surface area (Å²) >= 11 is 0. The van der Waals surface area contributed by atoms with Crippen molar-refractivity contribution in [1.82, 2.24) is 5.32 Å². The van der Waals surface area contributed by atoms with Gasteiger partial charge in [0.15, 0.2) is 0 Å². The van der Waals surface area contributed by atoms with Crippen LogP contribution in [0, 0.1) is 24.7 Å². The van der Waals surface area contributed by atoms with Gasteiger partial charge in [-0.15, -0.1) is 0 Å². The van der Waals surface area contributed by atoms with E-state index in [0.29, 0.717) is 18.7 Å². The van der Waals surface area contributed by atoms with Crippen molar-refractivity contribution in [2.75, 3.05) is 13.2 Å². The third-order valence-electron chi connectivity index (χ3n) is 7.13. The van der Waals surface area contributed by atoms with Crippen molar-refractivity contribution in [1.29, 1.82) is 0 Å². The maximum absolute atomic E-state index is 10.6. The lowest BCUT2D eigenvalue weighted by Crippen LogP contribution is -2.59. The van der Waals surface area contributed by atoms with E-state index in [0.717, 1.165) is 23.5 Å². The van der Waals surface area contributed by atoms with Gasteiger partial charge in [-0.3, -0.25) is 0 Å². The van der Waals surface area contributed by atoms with Crippen molar-refractivity contribution in [3.63, 3.8) is 0 Å². The van der Waals surface area contributed by atoms with Gasteiger partial charge in [0.1, 0.15) is 18.5 Å². The Balaban J connectivity index is 1.33. The Morgan fingerprint density at radius 3 is 2.26 bits per heavy atom. The maximum Gasteiger partial charge on any atom is 0.123 e. The lowest BCUT2D eigenvalue weighted by molar-refractivity contribution is -0.0267. The lowest BCUT2D eigenvalue weighted by atomic mass is 9.53. The maximum atomic E-state index is 10.6. The summed E-state index contributed by atoms with van der Waals surface area (Å²) in [6, 6.07) is 6.34. The third-order valence-corrected chi connectivity index (χ3v) is 7.13. The van der Waals surface area contributed by atoms with E-state index < -0.39 is 6.10 Å². The monoisotopic (exact) mass is 371 g/mol. The van der Waals surface area contributed by atoms with E-state index >= 15 is 0 Å². The second-order valence-electron chi connectivity index (χ2n) is 10.8. The number of ether oxygens (including phenoxy) is 1. The van der Waals surface area contributed by atoms with Gasteiger partial charge in [0.05, 0.1) is 0 Å². The molecule has 4 saturated carbocycles. The number of aliphatic hydroxyl groups is 1. The molecule has 0 saturated heterocycles. The number of aliphatic hydroxyl groups excluding tert-OH is 1. The molecule has 1 aromatic carbocycles. The summed E-state index contributed by atoms with van der Waals surface area (Å²) in [5, 5.41) is 14.4. The molecule has 0 radical (unpaired) electrons. The fraction of sp³-hybridized carbons (Fsp3) is 0.750. The second-order valence-corrected chi connectivity index (χ2v) is 10.8. The fourth-order valence-electron chi connectivity index (χ4n) is 6.26. The van der Waals surface area contributed by atoms with Crippen LogP contribution in [-0.2, 0) is 5.41 Å². The van der Waals surface area contributed by atoms with Crippen LogP contribution in [0.1, 0.15) is 70.4 Å². The molecule has 1 unspecified atom stereocenters. The van der Waals surface area contributed by atoms with Gasteiger partial charge in [-0.05, 0) is 80.2 Å². The molecular weight excluding hydrogens is 334 g/mol. The average Bonchev–Trinajstić information content (AvgIpc) is 2.57. The molecule has 1 aromatic rings. The molecule has 4 aliphatic carbocycles. The van der Waals surface area contributed by atoms with Crippen LogP contribution in [0.4, 0.5) is 0 Å². The Morgan fingerprint density at radius 2 is 1.70 bits per heavy atom. The fourth-order valence-corrected chi connectivity index (χ4v) is 6.26. The Morgan fingerprint density at radius 1 is 1.11 bits per heavy atom. The summed E-state index contributed by atoms with van der Waals surface area (Å²) in [7, 11) is 0. The van der Waals surface area contributed by atoms with E-state index in [1.54, 1.807) is 0 Å². The van der Waals surface area contributed by atoms with E-state index in [1.807, 2.05) is 0 Å². The summed E-state index contributed by atoms with van der Waals surface area (Å²) in [5.74, 6) is 3.69. The van der Waals surface area contributed by atoms with E-state index in [2.05, 4.69) is 51.2 Å². The first-order valence-electron chi connectivity index (χ1n) is 10.9. The molecule has 5 rings (SSSR count). The molecule has 4 bridgehead atoms. The van der Waals surface area contributed by atoms with Gasteiger partial charge in [-0.25, -0.2) is 0 Å². The molecule has 1 atom stereocenters. The van der Waals surface area contributed by atoms with Crippen molar-refractivity contribution in [2.45, 2.75) is 83.3 Å². The molecule has 4 aliphatic rings. The minimum absolute atomic E-state index is 0.0315. The highest BCUT2D eigenvalue weighted by atomic mass is 16.5. The first kappa shape index (κ1) is 19.3. The molecule has 150 valence electrons. The first-order valence-corrected chi connectivity index (χ1v) is 10.9. The average molecular weight is 372 g/mol. The standard InChI is InChI=1S/C24H37NO2/c1-16-5-6-22(21(7-16)23(2,3)4)27-15-20(26)14-25-24-11-17-8-18(12-24)10-19(9-17)13-24/h5-7,17-20,25-26H,8-15H2,1-4H3. The predicted octanol–water partition coefficient (Wildman–Crippen LogP) is 4.59. The van der Waals surface area contributed by atoms with Crippen molar-refractivity contribution in [3.05, 3.63) is 29.3 Å². The van der Waals surface area contributed by atoms with Crippen LogP contribution >= 0.6 is 0 Å².